The van der Waals surface area contributed by atoms with Crippen LogP contribution in [0, 0.1) is 0 Å². The molecule has 0 spiro atoms. The van der Waals surface area contributed by atoms with E-state index in [1.54, 1.807) is 36.8 Å². The van der Waals surface area contributed by atoms with Gasteiger partial charge in [-0.25, -0.2) is 13.5 Å². The van der Waals surface area contributed by atoms with E-state index in [0.29, 0.717) is 23.4 Å². The molecule has 6 nitrogen and oxygen atoms in total. The molecule has 0 bridgehead atoms. The van der Waals surface area contributed by atoms with Crippen LogP contribution in [0.1, 0.15) is 49.4 Å². The van der Waals surface area contributed by atoms with Crippen LogP contribution in [-0.4, -0.2) is 25.9 Å². The number of unbranched alkanes of at least 4 members (excludes halogenated alkanes) is 1. The number of H-pyrrole nitrogens is 1. The van der Waals surface area contributed by atoms with Crippen molar-refractivity contribution in [2.45, 2.75) is 38.0 Å². The molecule has 1 atom stereocenters. The topological polar surface area (TPSA) is 89.6 Å². The molecule has 0 aliphatic rings. The summed E-state index contributed by atoms with van der Waals surface area (Å²) in [5.74, 6) is -0.524. The van der Waals surface area contributed by atoms with Crippen molar-refractivity contribution < 1.29 is 13.6 Å². The number of hydrogen-bond acceptors (Lipinski definition) is 3. The molecule has 0 saturated heterocycles. The van der Waals surface area contributed by atoms with Gasteiger partial charge < -0.3 is 5.73 Å². The number of aromatic amines is 1. The molecular weight excluding hydrogens is 352 g/mol. The van der Waals surface area contributed by atoms with E-state index in [1.807, 2.05) is 6.92 Å². The minimum absolute atomic E-state index is 0.0935. The second kappa shape index (κ2) is 7.69. The first-order valence-electron chi connectivity index (χ1n) is 8.73. The van der Waals surface area contributed by atoms with Gasteiger partial charge in [0, 0.05) is 23.5 Å². The number of benzene rings is 1. The third kappa shape index (κ3) is 3.47. The van der Waals surface area contributed by atoms with E-state index >= 15 is 0 Å². The molecule has 0 radical (unpaired) electrons. The minimum Gasteiger partial charge on any atom is -0.369 e. The zero-order chi connectivity index (χ0) is 19.4. The van der Waals surface area contributed by atoms with E-state index in [-0.39, 0.29) is 5.56 Å². The van der Waals surface area contributed by atoms with Gasteiger partial charge in [0.1, 0.15) is 5.41 Å². The van der Waals surface area contributed by atoms with Crippen LogP contribution in [0.4, 0.5) is 8.78 Å². The van der Waals surface area contributed by atoms with Gasteiger partial charge in [-0.3, -0.25) is 9.89 Å². The predicted molar refractivity (Wildman–Crippen MR) is 96.6 cm³/mol. The fourth-order valence-electron chi connectivity index (χ4n) is 3.24. The first kappa shape index (κ1) is 18.8. The Morgan fingerprint density at radius 3 is 2.81 bits per heavy atom. The van der Waals surface area contributed by atoms with Gasteiger partial charge in [-0.15, -0.1) is 0 Å². The molecule has 2 heterocycles. The van der Waals surface area contributed by atoms with E-state index in [9.17, 15) is 13.6 Å². The monoisotopic (exact) mass is 373 g/mol. The highest BCUT2D eigenvalue weighted by molar-refractivity contribution is 5.90. The molecule has 3 rings (SSSR count). The van der Waals surface area contributed by atoms with Crippen molar-refractivity contribution in [1.29, 1.82) is 0 Å². The zero-order valence-corrected chi connectivity index (χ0v) is 14.9. The number of nitrogens with zero attached hydrogens (tertiary/aromatic N) is 3. The van der Waals surface area contributed by atoms with Crippen molar-refractivity contribution in [1.82, 2.24) is 20.0 Å². The van der Waals surface area contributed by atoms with Crippen LogP contribution >= 0.6 is 0 Å². The molecule has 8 heteroatoms. The van der Waals surface area contributed by atoms with Crippen LogP contribution in [0.25, 0.3) is 5.69 Å². The molecule has 0 fully saturated rings. The number of amides is 1. The third-order valence-electron chi connectivity index (χ3n) is 4.73. The van der Waals surface area contributed by atoms with Gasteiger partial charge in [-0.1, -0.05) is 31.9 Å². The van der Waals surface area contributed by atoms with Gasteiger partial charge >= 0.3 is 0 Å². The standard InChI is InChI=1S/C19H21F2N5O/c1-2-3-8-19(18(22)27,16-7-9-23-25-16)14-11-24-26(12-14)15-6-4-5-13(10-15)17(20)21/h4-7,9-12,17H,2-3,8H2,1H3,(H2,22,27)(H,23,25). The fraction of sp³-hybridized carbons (Fsp3) is 0.316. The smallest absolute Gasteiger partial charge is 0.263 e. The number of primary amides is 1. The molecule has 142 valence electrons. The van der Waals surface area contributed by atoms with E-state index in [4.69, 9.17) is 5.73 Å². The predicted octanol–water partition coefficient (Wildman–Crippen LogP) is 3.49. The number of nitrogens with two attached hydrogens (primary N) is 1. The lowest BCUT2D eigenvalue weighted by Gasteiger charge is -2.27. The highest BCUT2D eigenvalue weighted by Crippen LogP contribution is 2.36. The average molecular weight is 373 g/mol. The van der Waals surface area contributed by atoms with E-state index in [0.717, 1.165) is 12.8 Å². The van der Waals surface area contributed by atoms with E-state index in [2.05, 4.69) is 15.3 Å². The van der Waals surface area contributed by atoms with Gasteiger partial charge in [0.15, 0.2) is 0 Å². The molecule has 0 aliphatic carbocycles. The van der Waals surface area contributed by atoms with Crippen molar-refractivity contribution >= 4 is 5.91 Å². The van der Waals surface area contributed by atoms with Gasteiger partial charge in [0.05, 0.1) is 17.6 Å². The number of nitrogens with one attached hydrogen (secondary N) is 1. The molecule has 1 unspecified atom stereocenters. The molecule has 3 aromatic rings. The summed E-state index contributed by atoms with van der Waals surface area (Å²) in [5, 5.41) is 11.2. The van der Waals surface area contributed by atoms with Gasteiger partial charge in [0.2, 0.25) is 5.91 Å². The summed E-state index contributed by atoms with van der Waals surface area (Å²) in [6.07, 6.45) is 4.38. The first-order chi connectivity index (χ1) is 13.0. The second-order valence-corrected chi connectivity index (χ2v) is 6.40. The van der Waals surface area contributed by atoms with E-state index in [1.165, 1.54) is 16.8 Å². The Morgan fingerprint density at radius 1 is 1.37 bits per heavy atom. The number of alkyl halides is 2. The van der Waals surface area contributed by atoms with Crippen molar-refractivity contribution in [3.8, 4) is 5.69 Å². The molecule has 0 saturated carbocycles. The van der Waals surface area contributed by atoms with Crippen molar-refractivity contribution in [2.24, 2.45) is 5.73 Å². The maximum Gasteiger partial charge on any atom is 0.263 e. The Bertz CT molecular complexity index is 906. The summed E-state index contributed by atoms with van der Waals surface area (Å²) in [5.41, 5.74) is 6.18. The Kier molecular flexibility index (Phi) is 5.34. The average Bonchev–Trinajstić information content (AvgIpc) is 3.35. The molecule has 1 aromatic carbocycles. The molecule has 27 heavy (non-hydrogen) atoms. The number of rotatable bonds is 8. The maximum absolute atomic E-state index is 13.0. The van der Waals surface area contributed by atoms with Crippen molar-refractivity contribution in [2.75, 3.05) is 0 Å². The van der Waals surface area contributed by atoms with Crippen molar-refractivity contribution in [3.63, 3.8) is 0 Å². The number of halogens is 2. The van der Waals surface area contributed by atoms with Gasteiger partial charge in [0.25, 0.3) is 6.43 Å². The zero-order valence-electron chi connectivity index (χ0n) is 14.9. The Hall–Kier alpha value is -3.03. The summed E-state index contributed by atoms with van der Waals surface area (Å²) >= 11 is 0. The summed E-state index contributed by atoms with van der Waals surface area (Å²) in [6.45, 7) is 2.02. The quantitative estimate of drug-likeness (QED) is 0.633. The summed E-state index contributed by atoms with van der Waals surface area (Å²) in [6, 6.07) is 7.67. The molecular formula is C19H21F2N5O. The third-order valence-corrected chi connectivity index (χ3v) is 4.73. The first-order valence-corrected chi connectivity index (χ1v) is 8.73. The Labute approximate surface area is 155 Å². The van der Waals surface area contributed by atoms with Crippen molar-refractivity contribution in [3.05, 3.63) is 65.7 Å². The SMILES string of the molecule is CCCCC(C(N)=O)(c1cnn(-c2cccc(C(F)F)c2)c1)c1cc[nH]n1. The van der Waals surface area contributed by atoms with Crippen LogP contribution in [0.15, 0.2) is 48.9 Å². The molecule has 3 N–H and O–H groups in total. The summed E-state index contributed by atoms with van der Waals surface area (Å²) in [7, 11) is 0. The molecule has 1 amide bonds. The lowest BCUT2D eigenvalue weighted by molar-refractivity contribution is -0.122. The number of hydrogen-bond donors (Lipinski definition) is 2. The maximum atomic E-state index is 13.0. The minimum atomic E-state index is -2.57. The Morgan fingerprint density at radius 2 is 2.19 bits per heavy atom. The lowest BCUT2D eigenvalue weighted by Crippen LogP contribution is -2.42. The van der Waals surface area contributed by atoms with E-state index < -0.39 is 17.7 Å². The number of aromatic nitrogens is 4. The summed E-state index contributed by atoms with van der Waals surface area (Å²) in [4.78, 5) is 12.5. The van der Waals surface area contributed by atoms with Crippen LogP contribution in [0.5, 0.6) is 0 Å². The molecule has 0 aliphatic heterocycles. The number of carbonyl (C=O) groups excluding carboxylic acids is 1. The lowest BCUT2D eigenvalue weighted by atomic mass is 9.74. The normalized spacial score (nSPS) is 13.6. The fourth-order valence-corrected chi connectivity index (χ4v) is 3.24. The number of carbonyl (C=O) groups is 1. The second-order valence-electron chi connectivity index (χ2n) is 6.40. The largest absolute Gasteiger partial charge is 0.369 e. The van der Waals surface area contributed by atoms with Gasteiger partial charge in [-0.05, 0) is 24.6 Å². The highest BCUT2D eigenvalue weighted by atomic mass is 19.3. The Balaban J connectivity index is 2.07. The van der Waals surface area contributed by atoms with Crippen LogP contribution in [0.2, 0.25) is 0 Å². The summed E-state index contributed by atoms with van der Waals surface area (Å²) < 4.78 is 27.4. The van der Waals surface area contributed by atoms with Gasteiger partial charge in [-0.2, -0.15) is 10.2 Å². The highest BCUT2D eigenvalue weighted by Gasteiger charge is 2.43. The molecule has 2 aromatic heterocycles. The van der Waals surface area contributed by atoms with Crippen LogP contribution < -0.4 is 5.73 Å². The van der Waals surface area contributed by atoms with Crippen LogP contribution in [0.3, 0.4) is 0 Å². The van der Waals surface area contributed by atoms with Crippen LogP contribution in [-0.2, 0) is 10.2 Å².